The van der Waals surface area contributed by atoms with E-state index in [0.717, 1.165) is 79.9 Å². The van der Waals surface area contributed by atoms with Crippen molar-refractivity contribution in [2.45, 2.75) is 56.8 Å². The van der Waals surface area contributed by atoms with Gasteiger partial charge in [-0.05, 0) is 62.8 Å². The number of hydrogen-bond acceptors (Lipinski definition) is 7. The number of carbonyl (C=O) groups is 1. The molecule has 0 bridgehead atoms. The fraction of sp³-hybridized carbons (Fsp3) is 0.480. The number of para-hydroxylation sites is 2. The molecule has 3 aliphatic rings. The SMILES string of the molecule is O=C1CN([C@H]2CC[C@@H](OC3CCN(c4ccc(-c5nc6ccccc6[nH]5)cn4)CC3)CC2)S(=O)(=O)N1. The van der Waals surface area contributed by atoms with Crippen LogP contribution in [-0.4, -0.2) is 71.5 Å². The van der Waals surface area contributed by atoms with Gasteiger partial charge in [0.2, 0.25) is 5.91 Å². The van der Waals surface area contributed by atoms with E-state index >= 15 is 0 Å². The van der Waals surface area contributed by atoms with Gasteiger partial charge in [-0.2, -0.15) is 12.7 Å². The highest BCUT2D eigenvalue weighted by molar-refractivity contribution is 7.88. The van der Waals surface area contributed by atoms with E-state index in [9.17, 15) is 13.2 Å². The Morgan fingerprint density at radius 2 is 1.69 bits per heavy atom. The fourth-order valence-corrected chi connectivity index (χ4v) is 6.91. The van der Waals surface area contributed by atoms with Gasteiger partial charge in [0, 0.05) is 30.9 Å². The first-order valence-electron chi connectivity index (χ1n) is 12.6. The second kappa shape index (κ2) is 9.45. The zero-order chi connectivity index (χ0) is 24.7. The number of aromatic amines is 1. The number of benzene rings is 1. The fourth-order valence-electron chi connectivity index (χ4n) is 5.55. The molecular weight excluding hydrogens is 480 g/mol. The molecule has 3 aromatic rings. The lowest BCUT2D eigenvalue weighted by atomic mass is 9.92. The van der Waals surface area contributed by atoms with E-state index in [1.165, 1.54) is 4.31 Å². The first kappa shape index (κ1) is 23.4. The van der Waals surface area contributed by atoms with Gasteiger partial charge in [0.05, 0.1) is 29.8 Å². The molecule has 0 atom stereocenters. The standard InChI is InChI=1S/C25H30N6O4S/c32-24-16-31(36(33,34)29-24)18-6-8-19(9-7-18)35-20-11-13-30(14-12-20)23-10-5-17(15-26-23)25-27-21-3-1-2-4-22(21)28-25/h1-5,10,15,18-20H,6-9,11-14,16H2,(H,27,28)(H,29,32)/t18-,19+. The minimum absolute atomic E-state index is 0.0652. The lowest BCUT2D eigenvalue weighted by molar-refractivity contribution is -0.118. The van der Waals surface area contributed by atoms with Crippen molar-refractivity contribution in [1.29, 1.82) is 0 Å². The van der Waals surface area contributed by atoms with Crippen LogP contribution in [-0.2, 0) is 19.7 Å². The van der Waals surface area contributed by atoms with E-state index in [2.05, 4.69) is 31.7 Å². The van der Waals surface area contributed by atoms with Gasteiger partial charge in [-0.3, -0.25) is 4.79 Å². The maximum Gasteiger partial charge on any atom is 0.304 e. The summed E-state index contributed by atoms with van der Waals surface area (Å²) in [6, 6.07) is 12.0. The van der Waals surface area contributed by atoms with Crippen LogP contribution < -0.4 is 9.62 Å². The summed E-state index contributed by atoms with van der Waals surface area (Å²) in [6.07, 6.45) is 7.17. The van der Waals surface area contributed by atoms with E-state index in [1.807, 2.05) is 30.5 Å². The summed E-state index contributed by atoms with van der Waals surface area (Å²) in [6.45, 7) is 1.71. The molecule has 1 saturated carbocycles. The Hall–Kier alpha value is -3.02. The summed E-state index contributed by atoms with van der Waals surface area (Å²) < 4.78 is 34.0. The predicted molar refractivity (Wildman–Crippen MR) is 135 cm³/mol. The number of carbonyl (C=O) groups excluding carboxylic acids is 1. The number of aromatic nitrogens is 3. The number of anilines is 1. The quantitative estimate of drug-likeness (QED) is 0.541. The molecule has 0 radical (unpaired) electrons. The van der Waals surface area contributed by atoms with Crippen LogP contribution in [0.25, 0.3) is 22.4 Å². The van der Waals surface area contributed by atoms with Gasteiger partial charge in [0.1, 0.15) is 11.6 Å². The van der Waals surface area contributed by atoms with Crippen LogP contribution in [0.15, 0.2) is 42.6 Å². The van der Waals surface area contributed by atoms with Gasteiger partial charge in [-0.15, -0.1) is 0 Å². The number of fused-ring (bicyclic) bond motifs is 1. The maximum absolute atomic E-state index is 12.1. The minimum Gasteiger partial charge on any atom is -0.375 e. The Morgan fingerprint density at radius 1 is 0.944 bits per heavy atom. The molecule has 2 saturated heterocycles. The van der Waals surface area contributed by atoms with Crippen LogP contribution in [0.2, 0.25) is 0 Å². The van der Waals surface area contributed by atoms with E-state index in [-0.39, 0.29) is 24.8 Å². The van der Waals surface area contributed by atoms with Crippen LogP contribution in [0.4, 0.5) is 5.82 Å². The molecular formula is C25H30N6O4S. The Kier molecular flexibility index (Phi) is 6.14. The third-order valence-electron chi connectivity index (χ3n) is 7.46. The zero-order valence-corrected chi connectivity index (χ0v) is 20.8. The third kappa shape index (κ3) is 4.70. The molecule has 0 unspecified atom stereocenters. The number of imidazole rings is 1. The lowest BCUT2D eigenvalue weighted by Crippen LogP contribution is -2.43. The lowest BCUT2D eigenvalue weighted by Gasteiger charge is -2.37. The topological polar surface area (TPSA) is 121 Å². The van der Waals surface area contributed by atoms with Crippen LogP contribution in [0.5, 0.6) is 0 Å². The molecule has 0 spiro atoms. The van der Waals surface area contributed by atoms with Crippen molar-refractivity contribution >= 4 is 33.0 Å². The molecule has 190 valence electrons. The van der Waals surface area contributed by atoms with Gasteiger partial charge in [0.25, 0.3) is 0 Å². The molecule has 11 heteroatoms. The smallest absolute Gasteiger partial charge is 0.304 e. The van der Waals surface area contributed by atoms with E-state index in [4.69, 9.17) is 9.72 Å². The molecule has 2 aliphatic heterocycles. The minimum atomic E-state index is -3.66. The molecule has 1 aromatic carbocycles. The molecule has 6 rings (SSSR count). The monoisotopic (exact) mass is 510 g/mol. The highest BCUT2D eigenvalue weighted by Crippen LogP contribution is 2.30. The number of H-pyrrole nitrogens is 1. The van der Waals surface area contributed by atoms with Crippen LogP contribution in [0, 0.1) is 0 Å². The Bertz CT molecular complexity index is 1310. The number of rotatable bonds is 5. The summed E-state index contributed by atoms with van der Waals surface area (Å²) in [5.41, 5.74) is 2.92. The molecule has 4 heterocycles. The van der Waals surface area contributed by atoms with Crippen LogP contribution in [0.3, 0.4) is 0 Å². The van der Waals surface area contributed by atoms with Crippen molar-refractivity contribution in [1.82, 2.24) is 24.0 Å². The van der Waals surface area contributed by atoms with Crippen LogP contribution in [0.1, 0.15) is 38.5 Å². The summed E-state index contributed by atoms with van der Waals surface area (Å²) in [5, 5.41) is 0. The highest BCUT2D eigenvalue weighted by Gasteiger charge is 2.40. The summed E-state index contributed by atoms with van der Waals surface area (Å²) in [5.74, 6) is 1.34. The molecule has 10 nitrogen and oxygen atoms in total. The average Bonchev–Trinajstić information content (AvgIpc) is 3.44. The third-order valence-corrected chi connectivity index (χ3v) is 8.99. The highest BCUT2D eigenvalue weighted by atomic mass is 32.2. The molecule has 2 aromatic heterocycles. The van der Waals surface area contributed by atoms with Crippen molar-refractivity contribution in [3.05, 3.63) is 42.6 Å². The van der Waals surface area contributed by atoms with Gasteiger partial charge in [-0.25, -0.2) is 14.7 Å². The van der Waals surface area contributed by atoms with Crippen molar-refractivity contribution in [2.24, 2.45) is 0 Å². The van der Waals surface area contributed by atoms with Crippen LogP contribution >= 0.6 is 0 Å². The Labute approximate surface area is 210 Å². The Balaban J connectivity index is 0.989. The average molecular weight is 511 g/mol. The number of pyridine rings is 1. The summed E-state index contributed by atoms with van der Waals surface area (Å²) in [7, 11) is -3.66. The molecule has 1 aliphatic carbocycles. The maximum atomic E-state index is 12.1. The molecule has 36 heavy (non-hydrogen) atoms. The van der Waals surface area contributed by atoms with Crippen molar-refractivity contribution in [3.8, 4) is 11.4 Å². The number of piperidine rings is 1. The predicted octanol–water partition coefficient (Wildman–Crippen LogP) is 2.60. The number of nitrogens with one attached hydrogen (secondary N) is 2. The summed E-state index contributed by atoms with van der Waals surface area (Å²) in [4.78, 5) is 26.5. The second-order valence-corrected chi connectivity index (χ2v) is 11.5. The normalized spacial score (nSPS) is 25.3. The first-order chi connectivity index (χ1) is 17.4. The number of ether oxygens (including phenoxy) is 1. The molecule has 2 N–H and O–H groups in total. The van der Waals surface area contributed by atoms with Gasteiger partial charge in [-0.1, -0.05) is 12.1 Å². The number of nitrogens with zero attached hydrogens (tertiary/aromatic N) is 4. The van der Waals surface area contributed by atoms with Crippen molar-refractivity contribution in [2.75, 3.05) is 24.5 Å². The second-order valence-electron chi connectivity index (χ2n) is 9.84. The van der Waals surface area contributed by atoms with Crippen molar-refractivity contribution < 1.29 is 17.9 Å². The largest absolute Gasteiger partial charge is 0.375 e. The zero-order valence-electron chi connectivity index (χ0n) is 20.0. The van der Waals surface area contributed by atoms with Crippen molar-refractivity contribution in [3.63, 3.8) is 0 Å². The molecule has 3 fully saturated rings. The Morgan fingerprint density at radius 3 is 2.36 bits per heavy atom. The van der Waals surface area contributed by atoms with Gasteiger partial charge in [0.15, 0.2) is 0 Å². The first-order valence-corrected chi connectivity index (χ1v) is 14.0. The summed E-state index contributed by atoms with van der Waals surface area (Å²) >= 11 is 0. The van der Waals surface area contributed by atoms with E-state index in [0.29, 0.717) is 0 Å². The van der Waals surface area contributed by atoms with Gasteiger partial charge < -0.3 is 14.6 Å². The van der Waals surface area contributed by atoms with Gasteiger partial charge >= 0.3 is 10.2 Å². The number of amides is 1. The molecule has 1 amide bonds. The number of hydrogen-bond donors (Lipinski definition) is 2. The van der Waals surface area contributed by atoms with E-state index < -0.39 is 16.1 Å². The van der Waals surface area contributed by atoms with E-state index in [1.54, 1.807) is 0 Å².